The van der Waals surface area contributed by atoms with Crippen LogP contribution < -0.4 is 16.3 Å². The van der Waals surface area contributed by atoms with Crippen molar-refractivity contribution in [3.05, 3.63) is 78.5 Å². The van der Waals surface area contributed by atoms with Crippen LogP contribution in [0.4, 0.5) is 26.0 Å². The van der Waals surface area contributed by atoms with E-state index in [1.165, 1.54) is 30.3 Å². The van der Waals surface area contributed by atoms with E-state index in [1.807, 2.05) is 5.48 Å². The summed E-state index contributed by atoms with van der Waals surface area (Å²) in [7, 11) is 0. The molecule has 0 saturated heterocycles. The number of hydroxylamine groups is 2. The molecule has 4 aromatic rings. The van der Waals surface area contributed by atoms with E-state index < -0.39 is 39.0 Å². The molecule has 7 N–H and O–H groups in total. The first-order valence-corrected chi connectivity index (χ1v) is 19.0. The average molecular weight is 971 g/mol. The van der Waals surface area contributed by atoms with Gasteiger partial charge >= 0.3 is 5.82 Å². The molecule has 1 amide bonds. The summed E-state index contributed by atoms with van der Waals surface area (Å²) in [5.74, 6) is -2.10. The lowest BCUT2D eigenvalue weighted by molar-refractivity contribution is -0.391. The number of aliphatic hydroxyl groups is 2. The fourth-order valence-corrected chi connectivity index (χ4v) is 5.32. The minimum Gasteiger partial charge on any atom is -0.396 e. The van der Waals surface area contributed by atoms with Crippen LogP contribution in [0.3, 0.4) is 0 Å². The number of benzene rings is 2. The number of thioether (sulfide) groups is 1. The standard InChI is InChI=1S/C16H18BrFN4O4S.C9H5BrFN5O4.C6H13NO2S/c1-16(2,8-23)6-10(24)7-27-15-13(21-26-22-15)14(20-25)19-9-3-4-12(18)11(17)5-9;10-5-3-4(1-2-6(5)11)12-8(13-17)7-9(16(18)19)15-20-14-7;1-6(2,4-8)7-5(9)3-10/h3-5,23,25H,6-8H2,1-2H3,(H,19,20);1-3,17H,(H,12,13);8,10H,3-4H2,1-2H3,(H,7,9). The highest BCUT2D eigenvalue weighted by Crippen LogP contribution is 2.27. The van der Waals surface area contributed by atoms with E-state index in [1.54, 1.807) is 33.2 Å². The molecule has 0 unspecified atom stereocenters. The number of rotatable bonds is 14. The highest BCUT2D eigenvalue weighted by molar-refractivity contribution is 9.10. The number of carbonyl (C=O) groups excluding carboxylic acids is 2. The van der Waals surface area contributed by atoms with Gasteiger partial charge < -0.3 is 25.6 Å². The van der Waals surface area contributed by atoms with Crippen molar-refractivity contribution in [2.24, 2.45) is 15.4 Å². The molecule has 4 rings (SSSR count). The van der Waals surface area contributed by atoms with Gasteiger partial charge in [0.15, 0.2) is 27.5 Å². The van der Waals surface area contributed by atoms with Crippen LogP contribution in [0.5, 0.6) is 0 Å². The third kappa shape index (κ3) is 16.1. The summed E-state index contributed by atoms with van der Waals surface area (Å²) in [6.07, 6.45) is 0.208. The van der Waals surface area contributed by atoms with E-state index >= 15 is 0 Å². The maximum atomic E-state index is 13.3. The van der Waals surface area contributed by atoms with Crippen LogP contribution in [0, 0.1) is 27.2 Å². The number of halogens is 4. The number of nitro groups is 1. The summed E-state index contributed by atoms with van der Waals surface area (Å²) in [6.45, 7) is 6.91. The number of aliphatic hydroxyl groups excluding tert-OH is 2. The molecule has 0 atom stereocenters. The first-order valence-electron chi connectivity index (χ1n) is 15.8. The summed E-state index contributed by atoms with van der Waals surface area (Å²) in [5.41, 5.74) is 2.82. The summed E-state index contributed by atoms with van der Waals surface area (Å²) < 4.78 is 35.7. The molecule has 20 nitrogen and oxygen atoms in total. The molecule has 0 bridgehead atoms. The summed E-state index contributed by atoms with van der Waals surface area (Å²) >= 11 is 10.9. The monoisotopic (exact) mass is 968 g/mol. The average Bonchev–Trinajstić information content (AvgIpc) is 3.86. The molecule has 2 heterocycles. The van der Waals surface area contributed by atoms with Gasteiger partial charge in [-0.25, -0.2) is 28.9 Å². The molecular formula is C31H36Br2F2N10O10S2. The Kier molecular flexibility index (Phi) is 19.7. The Morgan fingerprint density at radius 2 is 1.40 bits per heavy atom. The normalized spacial score (nSPS) is 11.8. The Bertz CT molecular complexity index is 2050. The van der Waals surface area contributed by atoms with Gasteiger partial charge in [0.25, 0.3) is 5.69 Å². The molecule has 0 aliphatic carbocycles. The number of nitrogens with zero attached hydrogens (tertiary/aromatic N) is 7. The number of thiol groups is 1. The van der Waals surface area contributed by atoms with Gasteiger partial charge in [-0.05, 0) is 108 Å². The van der Waals surface area contributed by atoms with E-state index in [0.717, 1.165) is 17.8 Å². The molecule has 57 heavy (non-hydrogen) atoms. The van der Waals surface area contributed by atoms with Gasteiger partial charge in [0.05, 0.1) is 44.0 Å². The van der Waals surface area contributed by atoms with Crippen LogP contribution in [0.2, 0.25) is 0 Å². The predicted molar refractivity (Wildman–Crippen MR) is 210 cm³/mol. The van der Waals surface area contributed by atoms with Crippen molar-refractivity contribution in [3.8, 4) is 0 Å². The van der Waals surface area contributed by atoms with Crippen LogP contribution in [0.15, 0.2) is 69.6 Å². The Labute approximate surface area is 348 Å². The summed E-state index contributed by atoms with van der Waals surface area (Å²) in [5, 5.41) is 63.6. The number of aliphatic imine (C=N–C) groups is 2. The number of nitrogens with one attached hydrogen (secondary N) is 3. The third-order valence-corrected chi connectivity index (χ3v) is 9.05. The van der Waals surface area contributed by atoms with Crippen molar-refractivity contribution < 1.29 is 53.2 Å². The maximum absolute atomic E-state index is 13.3. The van der Waals surface area contributed by atoms with Crippen molar-refractivity contribution in [1.82, 2.24) is 36.9 Å². The van der Waals surface area contributed by atoms with E-state index in [0.29, 0.717) is 5.69 Å². The zero-order chi connectivity index (χ0) is 42.9. The van der Waals surface area contributed by atoms with E-state index in [2.05, 4.69) is 85.0 Å². The van der Waals surface area contributed by atoms with Gasteiger partial charge in [0.2, 0.25) is 5.91 Å². The van der Waals surface area contributed by atoms with E-state index in [-0.39, 0.29) is 79.9 Å². The largest absolute Gasteiger partial charge is 0.445 e. The number of carbonyl (C=O) groups is 2. The fourth-order valence-electron chi connectivity index (χ4n) is 3.75. The van der Waals surface area contributed by atoms with Crippen LogP contribution in [0.25, 0.3) is 0 Å². The van der Waals surface area contributed by atoms with Gasteiger partial charge in [-0.2, -0.15) is 12.6 Å². The van der Waals surface area contributed by atoms with E-state index in [9.17, 15) is 38.8 Å². The van der Waals surface area contributed by atoms with Crippen LogP contribution >= 0.6 is 56.3 Å². The Morgan fingerprint density at radius 3 is 1.86 bits per heavy atom. The van der Waals surface area contributed by atoms with Gasteiger partial charge in [-0.1, -0.05) is 25.6 Å². The SMILES string of the molecule is CC(C)(CO)CC(=O)CSc1nonc1C(=Nc1ccc(F)c(Br)c1)NO.CC(C)(CO)NC(=O)CS.O=[N+]([O-])c1nonc1C(=Nc1ccc(F)c(Br)c1)NO. The molecule has 26 heteroatoms. The number of amidine groups is 2. The van der Waals surface area contributed by atoms with Gasteiger partial charge in [-0.3, -0.25) is 25.5 Å². The van der Waals surface area contributed by atoms with Crippen molar-refractivity contribution >= 4 is 96.8 Å². The zero-order valence-corrected chi connectivity index (χ0v) is 35.1. The number of aromatic nitrogens is 4. The molecular weight excluding hydrogens is 934 g/mol. The molecule has 310 valence electrons. The molecule has 0 radical (unpaired) electrons. The summed E-state index contributed by atoms with van der Waals surface area (Å²) in [6, 6.07) is 7.80. The molecule has 2 aromatic heterocycles. The molecule has 0 aliphatic rings. The van der Waals surface area contributed by atoms with Crippen molar-refractivity contribution in [3.63, 3.8) is 0 Å². The number of hydrogen-bond donors (Lipinski definition) is 8. The van der Waals surface area contributed by atoms with Gasteiger partial charge in [0.1, 0.15) is 17.4 Å². The van der Waals surface area contributed by atoms with Crippen LogP contribution in [-0.4, -0.2) is 99.8 Å². The molecule has 2 aromatic carbocycles. The number of Topliss-reactive ketones (excluding diaryl/α,β-unsaturated/α-hetero) is 1. The smallest absolute Gasteiger partial charge is 0.396 e. The maximum Gasteiger partial charge on any atom is 0.445 e. The first-order chi connectivity index (χ1) is 26.8. The van der Waals surface area contributed by atoms with Crippen LogP contribution in [0.1, 0.15) is 45.5 Å². The number of ketones is 1. The molecule has 0 saturated carbocycles. The van der Waals surface area contributed by atoms with Gasteiger partial charge in [0, 0.05) is 13.0 Å². The first kappa shape index (κ1) is 48.7. The van der Waals surface area contributed by atoms with Gasteiger partial charge in [-0.15, -0.1) is 4.63 Å². The lowest BCUT2D eigenvalue weighted by Crippen LogP contribution is -2.46. The second-order valence-corrected chi connectivity index (χ2v) is 15.5. The molecule has 0 fully saturated rings. The second kappa shape index (κ2) is 23.1. The lowest BCUT2D eigenvalue weighted by atomic mass is 9.89. The summed E-state index contributed by atoms with van der Waals surface area (Å²) in [4.78, 5) is 40.6. The second-order valence-electron chi connectivity index (χ2n) is 12.5. The molecule has 0 spiro atoms. The minimum absolute atomic E-state index is 0.0630. The quantitative estimate of drug-likeness (QED) is 0.0209. The minimum atomic E-state index is -0.848. The molecule has 0 aliphatic heterocycles. The predicted octanol–water partition coefficient (Wildman–Crippen LogP) is 4.84. The topological polar surface area (TPSA) is 297 Å². The fraction of sp³-hybridized carbons (Fsp3) is 0.355. The zero-order valence-electron chi connectivity index (χ0n) is 30.2. The highest BCUT2D eigenvalue weighted by Gasteiger charge is 2.27. The highest BCUT2D eigenvalue weighted by atomic mass is 79.9. The van der Waals surface area contributed by atoms with Crippen molar-refractivity contribution in [2.45, 2.75) is 44.7 Å². The Balaban J connectivity index is 0.000000327. The Hall–Kier alpha value is -4.44. The lowest BCUT2D eigenvalue weighted by Gasteiger charge is -2.22. The van der Waals surface area contributed by atoms with Crippen molar-refractivity contribution in [1.29, 1.82) is 0 Å². The van der Waals surface area contributed by atoms with E-state index in [4.69, 9.17) is 14.9 Å². The van der Waals surface area contributed by atoms with Crippen LogP contribution in [-0.2, 0) is 9.59 Å². The number of hydrogen-bond acceptors (Lipinski definition) is 18. The van der Waals surface area contributed by atoms with Crippen molar-refractivity contribution in [2.75, 3.05) is 24.7 Å². The third-order valence-electron chi connectivity index (χ3n) is 6.54. The Morgan fingerprint density at radius 1 is 0.895 bits per heavy atom. The number of amides is 1.